The summed E-state index contributed by atoms with van der Waals surface area (Å²) in [5.74, 6) is -0.741. The molecule has 9 nitrogen and oxygen atoms in total. The molecular formula is C23H28N4O5S2. The molecule has 0 radical (unpaired) electrons. The minimum atomic E-state index is -1.02. The zero-order chi connectivity index (χ0) is 25.2. The molecule has 2 fully saturated rings. The molecule has 2 aliphatic heterocycles. The molecule has 0 saturated carbocycles. The zero-order valence-electron chi connectivity index (χ0n) is 19.7. The van der Waals surface area contributed by atoms with E-state index in [1.54, 1.807) is 17.6 Å². The maximum Gasteiger partial charge on any atom is 0.305 e. The second-order valence-corrected chi connectivity index (χ2v) is 10.1. The molecule has 2 aliphatic rings. The Morgan fingerprint density at radius 1 is 1.29 bits per heavy atom. The molecule has 1 aromatic heterocycles. The van der Waals surface area contributed by atoms with Crippen molar-refractivity contribution in [2.45, 2.75) is 59.3 Å². The Balaban J connectivity index is 2.20. The van der Waals surface area contributed by atoms with Crippen LogP contribution in [0.3, 0.4) is 0 Å². The summed E-state index contributed by atoms with van der Waals surface area (Å²) in [5, 5.41) is 18.7. The molecule has 1 aromatic rings. The molecule has 0 bridgehead atoms. The van der Waals surface area contributed by atoms with Gasteiger partial charge in [0.25, 0.3) is 11.5 Å². The van der Waals surface area contributed by atoms with Crippen LogP contribution < -0.4 is 10.5 Å². The van der Waals surface area contributed by atoms with Crippen molar-refractivity contribution in [3.63, 3.8) is 0 Å². The highest BCUT2D eigenvalue weighted by atomic mass is 32.2. The van der Waals surface area contributed by atoms with E-state index in [2.05, 4.69) is 4.90 Å². The number of pyridine rings is 1. The van der Waals surface area contributed by atoms with E-state index in [1.807, 2.05) is 26.8 Å². The number of hydrogen-bond donors (Lipinski definition) is 1. The number of rotatable bonds is 7. The van der Waals surface area contributed by atoms with Gasteiger partial charge in [-0.2, -0.15) is 5.26 Å². The van der Waals surface area contributed by atoms with Crippen molar-refractivity contribution < 1.29 is 19.4 Å². The number of carbonyl (C=O) groups is 2. The van der Waals surface area contributed by atoms with Crippen molar-refractivity contribution in [1.29, 1.82) is 5.26 Å². The van der Waals surface area contributed by atoms with Gasteiger partial charge < -0.3 is 14.7 Å². The van der Waals surface area contributed by atoms with Crippen LogP contribution in [0.4, 0.5) is 5.82 Å². The summed E-state index contributed by atoms with van der Waals surface area (Å²) in [4.78, 5) is 41.0. The summed E-state index contributed by atoms with van der Waals surface area (Å²) in [6.45, 7) is 9.12. The maximum atomic E-state index is 13.2. The SMILES string of the molecule is CCCn1c(N2CC(C)OC(C)C2)c(/C=C2/SC(=S)N(CCC(=O)O)C2=O)c(C)c(C#N)c1=O. The van der Waals surface area contributed by atoms with Crippen molar-refractivity contribution in [3.8, 4) is 6.07 Å². The predicted octanol–water partition coefficient (Wildman–Crippen LogP) is 2.73. The number of anilines is 1. The Kier molecular flexibility index (Phi) is 8.17. The summed E-state index contributed by atoms with van der Waals surface area (Å²) in [6.07, 6.45) is 2.03. The quantitative estimate of drug-likeness (QED) is 0.442. The Morgan fingerprint density at radius 2 is 1.94 bits per heavy atom. The van der Waals surface area contributed by atoms with Crippen molar-refractivity contribution >= 4 is 52.1 Å². The van der Waals surface area contributed by atoms with Crippen molar-refractivity contribution in [3.05, 3.63) is 31.9 Å². The minimum Gasteiger partial charge on any atom is -0.481 e. The second kappa shape index (κ2) is 10.7. The molecule has 34 heavy (non-hydrogen) atoms. The average Bonchev–Trinajstić information content (AvgIpc) is 3.02. The number of aliphatic carboxylic acids is 1. The van der Waals surface area contributed by atoms with E-state index in [4.69, 9.17) is 22.1 Å². The lowest BCUT2D eigenvalue weighted by molar-refractivity contribution is -0.137. The Hall–Kier alpha value is -2.68. The molecule has 3 rings (SSSR count). The normalized spacial score (nSPS) is 21.9. The molecule has 0 aromatic carbocycles. The van der Waals surface area contributed by atoms with E-state index in [0.717, 1.165) is 11.8 Å². The van der Waals surface area contributed by atoms with Gasteiger partial charge >= 0.3 is 5.97 Å². The van der Waals surface area contributed by atoms with Crippen LogP contribution in [0, 0.1) is 18.3 Å². The lowest BCUT2D eigenvalue weighted by Gasteiger charge is -2.39. The molecule has 2 saturated heterocycles. The van der Waals surface area contributed by atoms with Gasteiger partial charge in [-0.15, -0.1) is 0 Å². The van der Waals surface area contributed by atoms with Gasteiger partial charge in [-0.05, 0) is 38.8 Å². The summed E-state index contributed by atoms with van der Waals surface area (Å²) >= 11 is 6.41. The molecule has 1 amide bonds. The van der Waals surface area contributed by atoms with Gasteiger partial charge in [0.05, 0.1) is 23.5 Å². The molecule has 2 unspecified atom stereocenters. The second-order valence-electron chi connectivity index (χ2n) is 8.45. The van der Waals surface area contributed by atoms with Crippen LogP contribution >= 0.6 is 24.0 Å². The summed E-state index contributed by atoms with van der Waals surface area (Å²) in [5.41, 5.74) is 0.802. The van der Waals surface area contributed by atoms with Gasteiger partial charge in [0, 0.05) is 31.7 Å². The summed E-state index contributed by atoms with van der Waals surface area (Å²) in [7, 11) is 0. The number of thiocarbonyl (C=S) groups is 1. The molecule has 3 heterocycles. The van der Waals surface area contributed by atoms with E-state index in [0.29, 0.717) is 47.9 Å². The van der Waals surface area contributed by atoms with Crippen LogP contribution in [0.2, 0.25) is 0 Å². The number of hydrogen-bond acceptors (Lipinski definition) is 8. The van der Waals surface area contributed by atoms with Gasteiger partial charge in [0.15, 0.2) is 0 Å². The first-order valence-corrected chi connectivity index (χ1v) is 12.4. The fraction of sp³-hybridized carbons (Fsp3) is 0.522. The fourth-order valence-corrected chi connectivity index (χ4v) is 5.59. The highest BCUT2D eigenvalue weighted by Crippen LogP contribution is 2.36. The van der Waals surface area contributed by atoms with Gasteiger partial charge in [-0.3, -0.25) is 23.9 Å². The van der Waals surface area contributed by atoms with Gasteiger partial charge in [0.2, 0.25) is 0 Å². The molecule has 11 heteroatoms. The zero-order valence-corrected chi connectivity index (χ0v) is 21.3. The molecule has 0 aliphatic carbocycles. The van der Waals surface area contributed by atoms with Crippen molar-refractivity contribution in [2.75, 3.05) is 24.5 Å². The monoisotopic (exact) mass is 504 g/mol. The third-order valence-electron chi connectivity index (χ3n) is 5.71. The topological polar surface area (TPSA) is 116 Å². The largest absolute Gasteiger partial charge is 0.481 e. The van der Waals surface area contributed by atoms with Crippen LogP contribution in [0.15, 0.2) is 9.70 Å². The Labute approximate surface area is 208 Å². The highest BCUT2D eigenvalue weighted by molar-refractivity contribution is 8.26. The van der Waals surface area contributed by atoms with E-state index in [1.165, 1.54) is 4.90 Å². The number of carbonyl (C=O) groups excluding carboxylic acids is 1. The van der Waals surface area contributed by atoms with Crippen LogP contribution in [-0.2, 0) is 20.9 Å². The minimum absolute atomic E-state index is 0.0134. The molecule has 1 N–H and O–H groups in total. The summed E-state index contributed by atoms with van der Waals surface area (Å²) < 4.78 is 7.78. The fourth-order valence-electron chi connectivity index (χ4n) is 4.30. The molecular weight excluding hydrogens is 476 g/mol. The van der Waals surface area contributed by atoms with Gasteiger partial charge in [-0.25, -0.2) is 0 Å². The highest BCUT2D eigenvalue weighted by Gasteiger charge is 2.34. The number of ether oxygens (including phenoxy) is 1. The smallest absolute Gasteiger partial charge is 0.305 e. The number of aromatic nitrogens is 1. The average molecular weight is 505 g/mol. The number of thioether (sulfide) groups is 1. The summed E-state index contributed by atoms with van der Waals surface area (Å²) in [6, 6.07) is 2.04. The first-order chi connectivity index (χ1) is 16.1. The number of nitriles is 1. The lowest BCUT2D eigenvalue weighted by atomic mass is 10.0. The maximum absolute atomic E-state index is 13.2. The molecule has 0 spiro atoms. The third-order valence-corrected chi connectivity index (χ3v) is 7.09. The molecule has 2 atom stereocenters. The van der Waals surface area contributed by atoms with Crippen LogP contribution in [0.25, 0.3) is 6.08 Å². The van der Waals surface area contributed by atoms with E-state index in [9.17, 15) is 19.6 Å². The first kappa shape index (κ1) is 25.9. The molecule has 182 valence electrons. The van der Waals surface area contributed by atoms with Crippen molar-refractivity contribution in [1.82, 2.24) is 9.47 Å². The predicted molar refractivity (Wildman–Crippen MR) is 135 cm³/mol. The number of carboxylic acid groups (broad SMARTS) is 1. The number of nitrogens with zero attached hydrogens (tertiary/aromatic N) is 4. The third kappa shape index (κ3) is 5.19. The van der Waals surface area contributed by atoms with Gasteiger partial charge in [-0.1, -0.05) is 30.9 Å². The van der Waals surface area contributed by atoms with Crippen LogP contribution in [0.5, 0.6) is 0 Å². The standard InChI is InChI=1S/C23H28N4O5S2/c1-5-7-26-20(25-11-13(2)32-14(3)12-25)16(15(4)17(10-24)21(26)30)9-18-22(31)27(23(33)34-18)8-6-19(28)29/h9,13-14H,5-8,11-12H2,1-4H3,(H,28,29)/b18-9+. The van der Waals surface area contributed by atoms with E-state index >= 15 is 0 Å². The number of morpholine rings is 1. The Bertz CT molecular complexity index is 1140. The number of carboxylic acids is 1. The van der Waals surface area contributed by atoms with Crippen LogP contribution in [-0.4, -0.2) is 62.6 Å². The van der Waals surface area contributed by atoms with E-state index in [-0.39, 0.29) is 46.5 Å². The van der Waals surface area contributed by atoms with Crippen LogP contribution in [0.1, 0.15) is 50.3 Å². The number of amides is 1. The van der Waals surface area contributed by atoms with Crippen molar-refractivity contribution in [2.24, 2.45) is 0 Å². The first-order valence-electron chi connectivity index (χ1n) is 11.1. The van der Waals surface area contributed by atoms with Gasteiger partial charge in [0.1, 0.15) is 21.8 Å². The Morgan fingerprint density at radius 3 is 2.50 bits per heavy atom. The van der Waals surface area contributed by atoms with E-state index < -0.39 is 5.97 Å². The lowest BCUT2D eigenvalue weighted by Crippen LogP contribution is -2.48.